The van der Waals surface area contributed by atoms with E-state index < -0.39 is 0 Å². The van der Waals surface area contributed by atoms with Gasteiger partial charge in [0.2, 0.25) is 5.91 Å². The number of halogens is 2. The molecular weight excluding hydrogens is 257 g/mol. The number of likely N-dealkylation sites (tertiary alicyclic amines) is 1. The molecule has 0 N–H and O–H groups in total. The molecule has 0 saturated carbocycles. The molecule has 1 fully saturated rings. The van der Waals surface area contributed by atoms with Crippen LogP contribution in [0.25, 0.3) is 6.08 Å². The molecule has 4 heteroatoms. The van der Waals surface area contributed by atoms with E-state index in [1.54, 1.807) is 30.4 Å². The zero-order valence-electron chi connectivity index (χ0n) is 9.33. The summed E-state index contributed by atoms with van der Waals surface area (Å²) in [7, 11) is 0. The third-order valence-electron chi connectivity index (χ3n) is 2.79. The molecule has 0 bridgehead atoms. The monoisotopic (exact) mass is 269 g/mol. The Bertz CT molecular complexity index is 451. The summed E-state index contributed by atoms with van der Waals surface area (Å²) >= 11 is 11.8. The van der Waals surface area contributed by atoms with E-state index in [1.807, 2.05) is 4.90 Å². The second-order valence-corrected chi connectivity index (χ2v) is 4.88. The predicted molar refractivity (Wildman–Crippen MR) is 71.3 cm³/mol. The second kappa shape index (κ2) is 5.56. The summed E-state index contributed by atoms with van der Waals surface area (Å²) in [5.74, 6) is 0.0496. The largest absolute Gasteiger partial charge is 0.339 e. The molecular formula is C13H13Cl2NO. The van der Waals surface area contributed by atoms with Gasteiger partial charge >= 0.3 is 0 Å². The number of hydrogen-bond donors (Lipinski definition) is 0. The van der Waals surface area contributed by atoms with Crippen LogP contribution in [0.4, 0.5) is 0 Å². The van der Waals surface area contributed by atoms with Crippen LogP contribution < -0.4 is 0 Å². The van der Waals surface area contributed by atoms with E-state index in [-0.39, 0.29) is 5.91 Å². The van der Waals surface area contributed by atoms with Crippen LogP contribution in [0.2, 0.25) is 10.0 Å². The number of carbonyl (C=O) groups excluding carboxylic acids is 1. The standard InChI is InChI=1S/C13H13Cl2NO/c14-11-5-3-10(12(15)9-11)4-6-13(17)16-7-1-2-8-16/h3-6,9H,1-2,7-8H2. The van der Waals surface area contributed by atoms with Crippen LogP contribution in [0.5, 0.6) is 0 Å². The van der Waals surface area contributed by atoms with E-state index in [9.17, 15) is 4.79 Å². The van der Waals surface area contributed by atoms with Gasteiger partial charge in [0.1, 0.15) is 0 Å². The summed E-state index contributed by atoms with van der Waals surface area (Å²) in [5.41, 5.74) is 0.809. The van der Waals surface area contributed by atoms with Crippen LogP contribution in [0.1, 0.15) is 18.4 Å². The van der Waals surface area contributed by atoms with Crippen molar-refractivity contribution in [2.45, 2.75) is 12.8 Å². The van der Waals surface area contributed by atoms with E-state index in [1.165, 1.54) is 0 Å². The highest BCUT2D eigenvalue weighted by molar-refractivity contribution is 6.35. The molecule has 0 spiro atoms. The van der Waals surface area contributed by atoms with Gasteiger partial charge in [-0.25, -0.2) is 0 Å². The van der Waals surface area contributed by atoms with Gasteiger partial charge < -0.3 is 4.90 Å². The molecule has 0 radical (unpaired) electrons. The SMILES string of the molecule is O=C(C=Cc1ccc(Cl)cc1Cl)N1CCCC1. The van der Waals surface area contributed by atoms with Crippen LogP contribution >= 0.6 is 23.2 Å². The maximum absolute atomic E-state index is 11.8. The van der Waals surface area contributed by atoms with Crippen LogP contribution in [0.3, 0.4) is 0 Å². The van der Waals surface area contributed by atoms with Gasteiger partial charge in [-0.05, 0) is 36.6 Å². The van der Waals surface area contributed by atoms with Crippen molar-refractivity contribution in [3.05, 3.63) is 39.9 Å². The Kier molecular flexibility index (Phi) is 4.08. The van der Waals surface area contributed by atoms with Gasteiger partial charge in [-0.2, -0.15) is 0 Å². The van der Waals surface area contributed by atoms with Crippen molar-refractivity contribution in [3.63, 3.8) is 0 Å². The first-order chi connectivity index (χ1) is 8.16. The van der Waals surface area contributed by atoms with Crippen LogP contribution in [-0.4, -0.2) is 23.9 Å². The third-order valence-corrected chi connectivity index (χ3v) is 3.35. The molecule has 17 heavy (non-hydrogen) atoms. The van der Waals surface area contributed by atoms with E-state index in [0.29, 0.717) is 10.0 Å². The van der Waals surface area contributed by atoms with Gasteiger partial charge in [-0.3, -0.25) is 4.79 Å². The Hall–Kier alpha value is -0.990. The predicted octanol–water partition coefficient (Wildman–Crippen LogP) is 3.63. The third kappa shape index (κ3) is 3.24. The van der Waals surface area contributed by atoms with Crippen molar-refractivity contribution in [3.8, 4) is 0 Å². The van der Waals surface area contributed by atoms with Crippen LogP contribution in [0, 0.1) is 0 Å². The molecule has 2 rings (SSSR count). The van der Waals surface area contributed by atoms with Crippen molar-refractivity contribution in [1.82, 2.24) is 4.90 Å². The Morgan fingerprint density at radius 2 is 1.94 bits per heavy atom. The summed E-state index contributed by atoms with van der Waals surface area (Å²) in [5, 5.41) is 1.15. The van der Waals surface area contributed by atoms with Gasteiger partial charge in [0.15, 0.2) is 0 Å². The Morgan fingerprint density at radius 3 is 2.59 bits per heavy atom. The minimum atomic E-state index is 0.0496. The Labute approximate surface area is 111 Å². The van der Waals surface area contributed by atoms with E-state index in [0.717, 1.165) is 31.5 Å². The maximum Gasteiger partial charge on any atom is 0.246 e. The van der Waals surface area contributed by atoms with Crippen LogP contribution in [0.15, 0.2) is 24.3 Å². The Balaban J connectivity index is 2.06. The highest BCUT2D eigenvalue weighted by Crippen LogP contribution is 2.22. The van der Waals surface area contributed by atoms with E-state index in [2.05, 4.69) is 0 Å². The second-order valence-electron chi connectivity index (χ2n) is 4.03. The molecule has 90 valence electrons. The summed E-state index contributed by atoms with van der Waals surface area (Å²) in [6.07, 6.45) is 5.50. The van der Waals surface area contributed by atoms with Crippen LogP contribution in [-0.2, 0) is 4.79 Å². The molecule has 2 nitrogen and oxygen atoms in total. The zero-order valence-corrected chi connectivity index (χ0v) is 10.8. The Morgan fingerprint density at radius 1 is 1.24 bits per heavy atom. The van der Waals surface area contributed by atoms with Gasteiger partial charge in [0.25, 0.3) is 0 Å². The summed E-state index contributed by atoms with van der Waals surface area (Å²) in [6.45, 7) is 1.72. The average molecular weight is 270 g/mol. The van der Waals surface area contributed by atoms with Gasteiger partial charge in [0, 0.05) is 29.2 Å². The highest BCUT2D eigenvalue weighted by atomic mass is 35.5. The fourth-order valence-corrected chi connectivity index (χ4v) is 2.31. The molecule has 1 saturated heterocycles. The van der Waals surface area contributed by atoms with Crippen molar-refractivity contribution in [1.29, 1.82) is 0 Å². The minimum Gasteiger partial charge on any atom is -0.339 e. The molecule has 0 atom stereocenters. The first-order valence-electron chi connectivity index (χ1n) is 5.59. The molecule has 0 aromatic heterocycles. The van der Waals surface area contributed by atoms with Crippen molar-refractivity contribution < 1.29 is 4.79 Å². The van der Waals surface area contributed by atoms with E-state index in [4.69, 9.17) is 23.2 Å². The van der Waals surface area contributed by atoms with Gasteiger partial charge in [0.05, 0.1) is 0 Å². The number of benzene rings is 1. The molecule has 1 heterocycles. The number of hydrogen-bond acceptors (Lipinski definition) is 1. The fraction of sp³-hybridized carbons (Fsp3) is 0.308. The molecule has 1 aromatic rings. The van der Waals surface area contributed by atoms with Gasteiger partial charge in [-0.15, -0.1) is 0 Å². The summed E-state index contributed by atoms with van der Waals surface area (Å²) < 4.78 is 0. The topological polar surface area (TPSA) is 20.3 Å². The smallest absolute Gasteiger partial charge is 0.246 e. The van der Waals surface area contributed by atoms with Crippen molar-refractivity contribution in [2.24, 2.45) is 0 Å². The molecule has 0 unspecified atom stereocenters. The lowest BCUT2D eigenvalue weighted by Crippen LogP contribution is -2.25. The average Bonchev–Trinajstić information content (AvgIpc) is 2.81. The lowest BCUT2D eigenvalue weighted by atomic mass is 10.2. The minimum absolute atomic E-state index is 0.0496. The van der Waals surface area contributed by atoms with Crippen molar-refractivity contribution in [2.75, 3.05) is 13.1 Å². The lowest BCUT2D eigenvalue weighted by molar-refractivity contribution is -0.124. The number of carbonyl (C=O) groups is 1. The summed E-state index contributed by atoms with van der Waals surface area (Å²) in [4.78, 5) is 13.6. The lowest BCUT2D eigenvalue weighted by Gasteiger charge is -2.11. The molecule has 1 amide bonds. The molecule has 1 aliphatic rings. The number of amides is 1. The number of rotatable bonds is 2. The molecule has 1 aliphatic heterocycles. The zero-order chi connectivity index (χ0) is 12.3. The summed E-state index contributed by atoms with van der Waals surface area (Å²) in [6, 6.07) is 5.23. The number of nitrogens with zero attached hydrogens (tertiary/aromatic N) is 1. The fourth-order valence-electron chi connectivity index (χ4n) is 1.84. The van der Waals surface area contributed by atoms with Gasteiger partial charge in [-0.1, -0.05) is 29.3 Å². The quantitative estimate of drug-likeness (QED) is 0.751. The normalized spacial score (nSPS) is 15.8. The highest BCUT2D eigenvalue weighted by Gasteiger charge is 2.15. The molecule has 1 aromatic carbocycles. The van der Waals surface area contributed by atoms with Crippen molar-refractivity contribution >= 4 is 35.2 Å². The van der Waals surface area contributed by atoms with E-state index >= 15 is 0 Å². The first kappa shape index (κ1) is 12.5. The maximum atomic E-state index is 11.8. The molecule has 0 aliphatic carbocycles. The first-order valence-corrected chi connectivity index (χ1v) is 6.34.